The van der Waals surface area contributed by atoms with E-state index in [1.54, 1.807) is 19.2 Å². The molecule has 0 amide bonds. The first-order chi connectivity index (χ1) is 11.4. The van der Waals surface area contributed by atoms with Gasteiger partial charge in [-0.1, -0.05) is 23.7 Å². The van der Waals surface area contributed by atoms with Gasteiger partial charge < -0.3 is 10.1 Å². The second-order valence-electron chi connectivity index (χ2n) is 6.52. The average molecular weight is 346 g/mol. The van der Waals surface area contributed by atoms with Crippen molar-refractivity contribution in [2.75, 3.05) is 13.7 Å². The zero-order chi connectivity index (χ0) is 17.6. The molecule has 0 aromatic heterocycles. The minimum Gasteiger partial charge on any atom is -0.497 e. The van der Waals surface area contributed by atoms with Crippen molar-refractivity contribution >= 4 is 17.4 Å². The molecule has 0 fully saturated rings. The molecule has 2 aromatic carbocycles. The molecule has 0 aliphatic heterocycles. The second kappa shape index (κ2) is 8.32. The molecule has 0 bridgehead atoms. The molecular weight excluding hydrogens is 322 g/mol. The van der Waals surface area contributed by atoms with Crippen molar-refractivity contribution in [1.29, 1.82) is 0 Å². The maximum absolute atomic E-state index is 12.2. The molecule has 3 nitrogen and oxygen atoms in total. The van der Waals surface area contributed by atoms with E-state index in [1.165, 1.54) is 5.56 Å². The van der Waals surface area contributed by atoms with Crippen LogP contribution < -0.4 is 10.1 Å². The standard InChI is InChI=1S/C20H24ClNO2/c1-20(2,14-15-4-8-17(21)9-5-15)22-13-12-19(23)16-6-10-18(24-3)11-7-16/h4-11,22H,12-14H2,1-3H3. The molecule has 0 saturated heterocycles. The van der Waals surface area contributed by atoms with E-state index >= 15 is 0 Å². The number of ketones is 1. The number of carbonyl (C=O) groups excluding carboxylic acids is 1. The Kier molecular flexibility index (Phi) is 6.41. The van der Waals surface area contributed by atoms with Crippen molar-refractivity contribution in [3.8, 4) is 5.75 Å². The maximum Gasteiger partial charge on any atom is 0.164 e. The summed E-state index contributed by atoms with van der Waals surface area (Å²) in [6.07, 6.45) is 1.34. The number of nitrogens with one attached hydrogen (secondary N) is 1. The molecule has 0 aliphatic carbocycles. The van der Waals surface area contributed by atoms with E-state index in [0.29, 0.717) is 18.5 Å². The Bertz CT molecular complexity index is 663. The molecule has 0 heterocycles. The molecule has 1 N–H and O–H groups in total. The summed E-state index contributed by atoms with van der Waals surface area (Å²) < 4.78 is 5.11. The summed E-state index contributed by atoms with van der Waals surface area (Å²) in [5, 5.41) is 4.21. The maximum atomic E-state index is 12.2. The summed E-state index contributed by atoms with van der Waals surface area (Å²) in [5.74, 6) is 0.890. The van der Waals surface area contributed by atoms with Crippen LogP contribution in [0.25, 0.3) is 0 Å². The van der Waals surface area contributed by atoms with Crippen molar-refractivity contribution in [2.45, 2.75) is 32.2 Å². The van der Waals surface area contributed by atoms with Crippen LogP contribution in [0, 0.1) is 0 Å². The molecule has 0 radical (unpaired) electrons. The second-order valence-corrected chi connectivity index (χ2v) is 6.95. The van der Waals surface area contributed by atoms with Crippen LogP contribution >= 0.6 is 11.6 Å². The summed E-state index contributed by atoms with van der Waals surface area (Å²) in [5.41, 5.74) is 1.85. The highest BCUT2D eigenvalue weighted by Crippen LogP contribution is 2.16. The summed E-state index contributed by atoms with van der Waals surface area (Å²) in [4.78, 5) is 12.2. The fourth-order valence-electron chi connectivity index (χ4n) is 2.61. The summed E-state index contributed by atoms with van der Waals surface area (Å²) in [6.45, 7) is 4.92. The molecule has 0 atom stereocenters. The molecule has 24 heavy (non-hydrogen) atoms. The lowest BCUT2D eigenvalue weighted by Gasteiger charge is -2.26. The molecule has 128 valence electrons. The van der Waals surface area contributed by atoms with Gasteiger partial charge in [-0.2, -0.15) is 0 Å². The van der Waals surface area contributed by atoms with Crippen LogP contribution in [0.5, 0.6) is 5.75 Å². The van der Waals surface area contributed by atoms with Gasteiger partial charge in [-0.25, -0.2) is 0 Å². The third-order valence-electron chi connectivity index (χ3n) is 3.93. The van der Waals surface area contributed by atoms with Gasteiger partial charge in [-0.05, 0) is 62.2 Å². The quantitative estimate of drug-likeness (QED) is 0.714. The lowest BCUT2D eigenvalue weighted by atomic mass is 9.94. The van der Waals surface area contributed by atoms with Crippen LogP contribution in [-0.2, 0) is 6.42 Å². The normalized spacial score (nSPS) is 11.3. The van der Waals surface area contributed by atoms with Gasteiger partial charge in [0, 0.05) is 29.1 Å². The summed E-state index contributed by atoms with van der Waals surface area (Å²) in [6, 6.07) is 15.1. The SMILES string of the molecule is COc1ccc(C(=O)CCNC(C)(C)Cc2ccc(Cl)cc2)cc1. The lowest BCUT2D eigenvalue weighted by molar-refractivity contribution is 0.0980. The first kappa shape index (κ1) is 18.5. The number of rotatable bonds is 8. The Labute approximate surface area is 149 Å². The number of methoxy groups -OCH3 is 1. The zero-order valence-electron chi connectivity index (χ0n) is 14.4. The fraction of sp³-hybridized carbons (Fsp3) is 0.350. The van der Waals surface area contributed by atoms with E-state index in [2.05, 4.69) is 19.2 Å². The van der Waals surface area contributed by atoms with Crippen LogP contribution in [0.15, 0.2) is 48.5 Å². The Morgan fingerprint density at radius 1 is 1.08 bits per heavy atom. The number of hydrogen-bond acceptors (Lipinski definition) is 3. The third-order valence-corrected chi connectivity index (χ3v) is 4.18. The smallest absolute Gasteiger partial charge is 0.164 e. The highest BCUT2D eigenvalue weighted by Gasteiger charge is 2.18. The van der Waals surface area contributed by atoms with E-state index in [-0.39, 0.29) is 11.3 Å². The van der Waals surface area contributed by atoms with E-state index in [0.717, 1.165) is 17.2 Å². The molecule has 0 aliphatic rings. The number of ether oxygens (including phenoxy) is 1. The predicted octanol–water partition coefficient (Wildman–Crippen LogP) is 4.53. The highest BCUT2D eigenvalue weighted by molar-refractivity contribution is 6.30. The predicted molar refractivity (Wildman–Crippen MR) is 99.2 cm³/mol. The Morgan fingerprint density at radius 3 is 2.29 bits per heavy atom. The van der Waals surface area contributed by atoms with Crippen LogP contribution in [0.3, 0.4) is 0 Å². The van der Waals surface area contributed by atoms with Gasteiger partial charge in [0.15, 0.2) is 5.78 Å². The van der Waals surface area contributed by atoms with Crippen LogP contribution in [0.1, 0.15) is 36.2 Å². The number of benzene rings is 2. The fourth-order valence-corrected chi connectivity index (χ4v) is 2.74. The van der Waals surface area contributed by atoms with Crippen molar-refractivity contribution < 1.29 is 9.53 Å². The van der Waals surface area contributed by atoms with Crippen molar-refractivity contribution in [3.05, 3.63) is 64.7 Å². The van der Waals surface area contributed by atoms with Gasteiger partial charge in [-0.15, -0.1) is 0 Å². The van der Waals surface area contributed by atoms with E-state index in [9.17, 15) is 4.79 Å². The minimum absolute atomic E-state index is 0.0893. The van der Waals surface area contributed by atoms with Crippen LogP contribution in [0.2, 0.25) is 5.02 Å². The average Bonchev–Trinajstić information content (AvgIpc) is 2.56. The number of carbonyl (C=O) groups is 1. The highest BCUT2D eigenvalue weighted by atomic mass is 35.5. The minimum atomic E-state index is -0.0893. The van der Waals surface area contributed by atoms with E-state index < -0.39 is 0 Å². The first-order valence-corrected chi connectivity index (χ1v) is 8.44. The van der Waals surface area contributed by atoms with Gasteiger partial charge in [0.2, 0.25) is 0 Å². The number of halogens is 1. The zero-order valence-corrected chi connectivity index (χ0v) is 15.2. The molecule has 0 spiro atoms. The monoisotopic (exact) mass is 345 g/mol. The number of hydrogen-bond donors (Lipinski definition) is 1. The molecule has 4 heteroatoms. The van der Waals surface area contributed by atoms with Gasteiger partial charge in [-0.3, -0.25) is 4.79 Å². The first-order valence-electron chi connectivity index (χ1n) is 8.06. The molecular formula is C20H24ClNO2. The van der Waals surface area contributed by atoms with Gasteiger partial charge in [0.25, 0.3) is 0 Å². The molecule has 2 aromatic rings. The van der Waals surface area contributed by atoms with Gasteiger partial charge in [0.05, 0.1) is 7.11 Å². The number of Topliss-reactive ketones (excluding diaryl/α,β-unsaturated/α-hetero) is 1. The third kappa shape index (κ3) is 5.66. The molecule has 0 unspecified atom stereocenters. The topological polar surface area (TPSA) is 38.3 Å². The van der Waals surface area contributed by atoms with Gasteiger partial charge in [0.1, 0.15) is 5.75 Å². The van der Waals surface area contributed by atoms with Crippen molar-refractivity contribution in [3.63, 3.8) is 0 Å². The van der Waals surface area contributed by atoms with Crippen LogP contribution in [0.4, 0.5) is 0 Å². The largest absolute Gasteiger partial charge is 0.497 e. The Balaban J connectivity index is 1.82. The molecule has 0 saturated carbocycles. The van der Waals surface area contributed by atoms with E-state index in [1.807, 2.05) is 36.4 Å². The van der Waals surface area contributed by atoms with Crippen molar-refractivity contribution in [1.82, 2.24) is 5.32 Å². The lowest BCUT2D eigenvalue weighted by Crippen LogP contribution is -2.42. The Morgan fingerprint density at radius 2 is 1.71 bits per heavy atom. The van der Waals surface area contributed by atoms with Crippen molar-refractivity contribution in [2.24, 2.45) is 0 Å². The van der Waals surface area contributed by atoms with Crippen LogP contribution in [-0.4, -0.2) is 25.0 Å². The molecule has 2 rings (SSSR count). The van der Waals surface area contributed by atoms with E-state index in [4.69, 9.17) is 16.3 Å². The van der Waals surface area contributed by atoms with Gasteiger partial charge >= 0.3 is 0 Å². The Hall–Kier alpha value is -1.84. The summed E-state index contributed by atoms with van der Waals surface area (Å²) in [7, 11) is 1.61. The summed E-state index contributed by atoms with van der Waals surface area (Å²) >= 11 is 5.92.